The highest BCUT2D eigenvalue weighted by Crippen LogP contribution is 2.08. The van der Waals surface area contributed by atoms with Crippen molar-refractivity contribution in [2.45, 2.75) is 19.4 Å². The van der Waals surface area contributed by atoms with Crippen molar-refractivity contribution in [3.05, 3.63) is 58.3 Å². The largest absolute Gasteiger partial charge is 0.351 e. The predicted molar refractivity (Wildman–Crippen MR) is 104 cm³/mol. The summed E-state index contributed by atoms with van der Waals surface area (Å²) in [6, 6.07) is 11.6. The average molecular weight is 382 g/mol. The summed E-state index contributed by atoms with van der Waals surface area (Å²) in [5.74, 6) is -0.112. The smallest absolute Gasteiger partial charge is 0.252 e. The van der Waals surface area contributed by atoms with Gasteiger partial charge in [-0.3, -0.25) is 9.59 Å². The van der Waals surface area contributed by atoms with Gasteiger partial charge in [0.1, 0.15) is 0 Å². The Labute approximate surface area is 158 Å². The summed E-state index contributed by atoms with van der Waals surface area (Å²) >= 11 is 1.48. The van der Waals surface area contributed by atoms with Gasteiger partial charge in [0, 0.05) is 37.0 Å². The Morgan fingerprint density at radius 1 is 1.16 bits per heavy atom. The normalized spacial score (nSPS) is 9.96. The minimum absolute atomic E-state index is 0. The minimum atomic E-state index is -0.138. The lowest BCUT2D eigenvalue weighted by Crippen LogP contribution is -2.35. The number of carbonyl (C=O) groups is 2. The van der Waals surface area contributed by atoms with Crippen LogP contribution in [0.2, 0.25) is 0 Å². The van der Waals surface area contributed by atoms with Crippen molar-refractivity contribution < 1.29 is 9.59 Å². The van der Waals surface area contributed by atoms with E-state index in [1.165, 1.54) is 11.3 Å². The van der Waals surface area contributed by atoms with Gasteiger partial charge in [0.05, 0.1) is 0 Å². The molecule has 0 spiro atoms. The number of amides is 2. The molecule has 0 aliphatic rings. The summed E-state index contributed by atoms with van der Waals surface area (Å²) in [6.07, 6.45) is 1.05. The molecule has 2 amide bonds. The van der Waals surface area contributed by atoms with Crippen molar-refractivity contribution in [2.24, 2.45) is 5.73 Å². The third-order valence-electron chi connectivity index (χ3n) is 3.61. The number of nitrogens with one attached hydrogen (secondary N) is 1. The zero-order valence-corrected chi connectivity index (χ0v) is 15.7. The number of benzene rings is 1. The van der Waals surface area contributed by atoms with Gasteiger partial charge in [-0.25, -0.2) is 0 Å². The SMILES string of the molecule is Cl.NCCCN(Cc1ccccc1)C(=O)CCNC(=O)c1ccsc1. The molecule has 0 unspecified atom stereocenters. The summed E-state index contributed by atoms with van der Waals surface area (Å²) in [4.78, 5) is 26.1. The molecule has 25 heavy (non-hydrogen) atoms. The van der Waals surface area contributed by atoms with Crippen LogP contribution in [0.1, 0.15) is 28.8 Å². The molecule has 0 bridgehead atoms. The number of halogens is 1. The summed E-state index contributed by atoms with van der Waals surface area (Å²) in [6.45, 7) is 2.08. The van der Waals surface area contributed by atoms with Crippen LogP contribution in [0.25, 0.3) is 0 Å². The number of hydrogen-bond acceptors (Lipinski definition) is 4. The van der Waals surface area contributed by atoms with Gasteiger partial charge in [0.25, 0.3) is 5.91 Å². The van der Waals surface area contributed by atoms with Gasteiger partial charge in [-0.2, -0.15) is 11.3 Å². The van der Waals surface area contributed by atoms with Gasteiger partial charge in [-0.1, -0.05) is 30.3 Å². The van der Waals surface area contributed by atoms with E-state index in [-0.39, 0.29) is 30.6 Å². The van der Waals surface area contributed by atoms with Crippen molar-refractivity contribution >= 4 is 35.6 Å². The fraction of sp³-hybridized carbons (Fsp3) is 0.333. The Balaban J connectivity index is 0.00000312. The highest BCUT2D eigenvalue weighted by atomic mass is 35.5. The third-order valence-corrected chi connectivity index (χ3v) is 4.29. The van der Waals surface area contributed by atoms with Crippen LogP contribution in [0.15, 0.2) is 47.2 Å². The van der Waals surface area contributed by atoms with E-state index in [0.717, 1.165) is 12.0 Å². The fourth-order valence-electron chi connectivity index (χ4n) is 2.31. The molecule has 0 fully saturated rings. The number of hydrogen-bond donors (Lipinski definition) is 2. The number of carbonyl (C=O) groups excluding carboxylic acids is 2. The Kier molecular flexibility index (Phi) is 9.84. The van der Waals surface area contributed by atoms with Crippen LogP contribution >= 0.6 is 23.7 Å². The Bertz CT molecular complexity index is 635. The summed E-state index contributed by atoms with van der Waals surface area (Å²) in [5.41, 5.74) is 7.29. The molecule has 0 aliphatic heterocycles. The lowest BCUT2D eigenvalue weighted by molar-refractivity contribution is -0.131. The summed E-state index contributed by atoms with van der Waals surface area (Å²) in [7, 11) is 0. The second-order valence-electron chi connectivity index (χ2n) is 5.46. The van der Waals surface area contributed by atoms with E-state index in [1.54, 1.807) is 16.3 Å². The van der Waals surface area contributed by atoms with Gasteiger partial charge in [0.15, 0.2) is 0 Å². The first-order valence-corrected chi connectivity index (χ1v) is 8.97. The van der Waals surface area contributed by atoms with Crippen molar-refractivity contribution in [2.75, 3.05) is 19.6 Å². The number of nitrogens with two attached hydrogens (primary N) is 1. The zero-order valence-electron chi connectivity index (χ0n) is 14.0. The summed E-state index contributed by atoms with van der Waals surface area (Å²) < 4.78 is 0. The van der Waals surface area contributed by atoms with Crippen molar-refractivity contribution in [3.63, 3.8) is 0 Å². The first-order chi connectivity index (χ1) is 11.7. The van der Waals surface area contributed by atoms with Gasteiger partial charge >= 0.3 is 0 Å². The monoisotopic (exact) mass is 381 g/mol. The maximum absolute atomic E-state index is 12.5. The molecule has 0 aliphatic carbocycles. The lowest BCUT2D eigenvalue weighted by Gasteiger charge is -2.23. The van der Waals surface area contributed by atoms with E-state index in [9.17, 15) is 9.59 Å². The molecule has 7 heteroatoms. The molecule has 1 heterocycles. The van der Waals surface area contributed by atoms with Gasteiger partial charge in [-0.15, -0.1) is 12.4 Å². The van der Waals surface area contributed by atoms with Gasteiger partial charge in [-0.05, 0) is 30.0 Å². The zero-order chi connectivity index (χ0) is 17.2. The van der Waals surface area contributed by atoms with Crippen molar-refractivity contribution in [3.8, 4) is 0 Å². The highest BCUT2D eigenvalue weighted by molar-refractivity contribution is 7.08. The summed E-state index contributed by atoms with van der Waals surface area (Å²) in [5, 5.41) is 6.43. The highest BCUT2D eigenvalue weighted by Gasteiger charge is 2.14. The Morgan fingerprint density at radius 2 is 1.92 bits per heavy atom. The maximum atomic E-state index is 12.5. The van der Waals surface area contributed by atoms with Crippen LogP contribution in [0.5, 0.6) is 0 Å². The molecule has 3 N–H and O–H groups in total. The predicted octanol–water partition coefficient (Wildman–Crippen LogP) is 2.67. The third kappa shape index (κ3) is 7.25. The Hall–Kier alpha value is -1.89. The van der Waals surface area contributed by atoms with Crippen LogP contribution in [0.4, 0.5) is 0 Å². The molecular formula is C18H24ClN3O2S. The van der Waals surface area contributed by atoms with Crippen LogP contribution in [-0.2, 0) is 11.3 Å². The van der Waals surface area contributed by atoms with E-state index in [0.29, 0.717) is 31.7 Å². The molecule has 1 aromatic carbocycles. The second kappa shape index (κ2) is 11.6. The molecule has 0 saturated carbocycles. The van der Waals surface area contributed by atoms with Crippen molar-refractivity contribution in [1.29, 1.82) is 0 Å². The Morgan fingerprint density at radius 3 is 2.56 bits per heavy atom. The number of thiophene rings is 1. The lowest BCUT2D eigenvalue weighted by atomic mass is 10.2. The molecule has 5 nitrogen and oxygen atoms in total. The molecule has 136 valence electrons. The molecule has 2 aromatic rings. The number of nitrogens with zero attached hydrogens (tertiary/aromatic N) is 1. The maximum Gasteiger partial charge on any atom is 0.252 e. The van der Waals surface area contributed by atoms with E-state index >= 15 is 0 Å². The van der Waals surface area contributed by atoms with Crippen LogP contribution in [-0.4, -0.2) is 36.3 Å². The molecule has 0 saturated heterocycles. The van der Waals surface area contributed by atoms with Crippen molar-refractivity contribution in [1.82, 2.24) is 10.2 Å². The van der Waals surface area contributed by atoms with Gasteiger partial charge in [0.2, 0.25) is 5.91 Å². The second-order valence-corrected chi connectivity index (χ2v) is 6.24. The molecular weight excluding hydrogens is 358 g/mol. The first-order valence-electron chi connectivity index (χ1n) is 8.03. The molecule has 0 radical (unpaired) electrons. The van der Waals surface area contributed by atoms with E-state index in [4.69, 9.17) is 5.73 Å². The van der Waals surface area contributed by atoms with Crippen LogP contribution in [0.3, 0.4) is 0 Å². The van der Waals surface area contributed by atoms with E-state index in [2.05, 4.69) is 5.32 Å². The van der Waals surface area contributed by atoms with Gasteiger partial charge < -0.3 is 16.0 Å². The van der Waals surface area contributed by atoms with E-state index < -0.39 is 0 Å². The fourth-order valence-corrected chi connectivity index (χ4v) is 2.95. The van der Waals surface area contributed by atoms with Crippen LogP contribution in [0, 0.1) is 0 Å². The standard InChI is InChI=1S/C18H23N3O2S.ClH/c19-9-4-11-21(13-15-5-2-1-3-6-15)17(22)7-10-20-18(23)16-8-12-24-14-16;/h1-3,5-6,8,12,14H,4,7,9-11,13,19H2,(H,20,23);1H. The first kappa shape index (κ1) is 21.2. The molecule has 2 rings (SSSR count). The average Bonchev–Trinajstić information content (AvgIpc) is 3.14. The van der Waals surface area contributed by atoms with E-state index in [1.807, 2.05) is 35.7 Å². The topological polar surface area (TPSA) is 75.4 Å². The van der Waals surface area contributed by atoms with Crippen LogP contribution < -0.4 is 11.1 Å². The number of rotatable bonds is 9. The molecule has 1 aromatic heterocycles. The minimum Gasteiger partial charge on any atom is -0.351 e. The molecule has 0 atom stereocenters. The quantitative estimate of drug-likeness (QED) is 0.701.